The molecule has 1 aliphatic heterocycles. The van der Waals surface area contributed by atoms with E-state index in [2.05, 4.69) is 4.99 Å². The highest BCUT2D eigenvalue weighted by molar-refractivity contribution is 7.91. The summed E-state index contributed by atoms with van der Waals surface area (Å²) >= 11 is 8.31. The number of carbonyl (C=O) groups excluding carboxylic acids is 1. The fraction of sp³-hybridized carbons (Fsp3) is 0.429. The summed E-state index contributed by atoms with van der Waals surface area (Å²) in [4.78, 5) is 18.2. The molecule has 1 unspecified atom stereocenters. The molecule has 1 aromatic carbocycles. The summed E-state index contributed by atoms with van der Waals surface area (Å²) in [5, 5.41) is 0. The molecule has 3 heterocycles. The molecule has 12 heteroatoms. The predicted octanol–water partition coefficient (Wildman–Crippen LogP) is 3.74. The quantitative estimate of drug-likeness (QED) is 0.465. The van der Waals surface area contributed by atoms with Crippen molar-refractivity contribution < 1.29 is 22.7 Å². The molecule has 1 fully saturated rings. The van der Waals surface area contributed by atoms with Gasteiger partial charge in [-0.25, -0.2) is 8.42 Å². The number of aromatic nitrogens is 1. The van der Waals surface area contributed by atoms with Crippen LogP contribution in [0.5, 0.6) is 5.75 Å². The molecule has 33 heavy (non-hydrogen) atoms. The predicted molar refractivity (Wildman–Crippen MR) is 130 cm³/mol. The summed E-state index contributed by atoms with van der Waals surface area (Å²) in [5.74, 6) is 0.241. The minimum Gasteiger partial charge on any atom is -0.497 e. The van der Waals surface area contributed by atoms with Gasteiger partial charge in [0.25, 0.3) is 15.9 Å². The Morgan fingerprint density at radius 1 is 1.21 bits per heavy atom. The number of thiazole rings is 1. The van der Waals surface area contributed by atoms with Gasteiger partial charge in [0, 0.05) is 20.2 Å². The third-order valence-corrected chi connectivity index (χ3v) is 10.1. The molecule has 178 valence electrons. The number of nitrogens with zero attached hydrogens (tertiary/aromatic N) is 3. The molecule has 0 spiro atoms. The summed E-state index contributed by atoms with van der Waals surface area (Å²) in [7, 11) is -0.628. The number of amides is 1. The largest absolute Gasteiger partial charge is 0.497 e. The van der Waals surface area contributed by atoms with Gasteiger partial charge in [-0.2, -0.15) is 9.30 Å². The van der Waals surface area contributed by atoms with Crippen molar-refractivity contribution in [1.29, 1.82) is 0 Å². The van der Waals surface area contributed by atoms with E-state index in [0.29, 0.717) is 40.9 Å². The summed E-state index contributed by atoms with van der Waals surface area (Å²) in [6.45, 7) is 1.23. The highest BCUT2D eigenvalue weighted by Crippen LogP contribution is 2.32. The number of benzene rings is 1. The maximum absolute atomic E-state index is 13.3. The average molecular weight is 530 g/mol. The monoisotopic (exact) mass is 529 g/mol. The number of sulfonamides is 1. The Morgan fingerprint density at radius 2 is 2.03 bits per heavy atom. The zero-order valence-corrected chi connectivity index (χ0v) is 21.4. The number of hydrogen-bond acceptors (Lipinski definition) is 7. The lowest BCUT2D eigenvalue weighted by molar-refractivity contribution is -0.122. The van der Waals surface area contributed by atoms with E-state index >= 15 is 0 Å². The van der Waals surface area contributed by atoms with Crippen molar-refractivity contribution in [3.8, 4) is 5.75 Å². The number of hydrogen-bond donors (Lipinski definition) is 0. The first-order valence-electron chi connectivity index (χ1n) is 10.4. The molecule has 1 aliphatic rings. The van der Waals surface area contributed by atoms with Crippen LogP contribution in [0.15, 0.2) is 39.5 Å². The number of piperidine rings is 1. The van der Waals surface area contributed by atoms with Gasteiger partial charge in [0.2, 0.25) is 0 Å². The zero-order chi connectivity index (χ0) is 23.6. The van der Waals surface area contributed by atoms with E-state index in [9.17, 15) is 13.2 Å². The SMILES string of the molecule is COCCn1c(=NC(=O)C2CCCCN2S(=O)(=O)c2ccc(Cl)s2)sc2cc(OC)ccc21. The number of ether oxygens (including phenoxy) is 2. The van der Waals surface area contributed by atoms with E-state index in [1.807, 2.05) is 22.8 Å². The van der Waals surface area contributed by atoms with Gasteiger partial charge in [0.1, 0.15) is 16.0 Å². The summed E-state index contributed by atoms with van der Waals surface area (Å²) < 4.78 is 41.7. The maximum Gasteiger partial charge on any atom is 0.266 e. The van der Waals surface area contributed by atoms with Crippen LogP contribution in [0.1, 0.15) is 19.3 Å². The van der Waals surface area contributed by atoms with Crippen LogP contribution in [-0.4, -0.2) is 56.6 Å². The molecule has 0 radical (unpaired) electrons. The first kappa shape index (κ1) is 24.4. The van der Waals surface area contributed by atoms with Crippen molar-refractivity contribution in [3.63, 3.8) is 0 Å². The molecular weight excluding hydrogens is 506 g/mol. The van der Waals surface area contributed by atoms with Crippen LogP contribution >= 0.6 is 34.3 Å². The molecule has 3 aromatic rings. The van der Waals surface area contributed by atoms with E-state index in [1.54, 1.807) is 20.3 Å². The summed E-state index contributed by atoms with van der Waals surface area (Å²) in [5.41, 5.74) is 0.908. The van der Waals surface area contributed by atoms with Gasteiger partial charge in [-0.05, 0) is 43.2 Å². The van der Waals surface area contributed by atoms with Crippen LogP contribution in [0.25, 0.3) is 10.2 Å². The average Bonchev–Trinajstić information content (AvgIpc) is 3.40. The van der Waals surface area contributed by atoms with Crippen molar-refractivity contribution in [3.05, 3.63) is 39.5 Å². The van der Waals surface area contributed by atoms with Crippen LogP contribution in [0.2, 0.25) is 4.34 Å². The number of rotatable bonds is 7. The molecule has 1 atom stereocenters. The van der Waals surface area contributed by atoms with Crippen molar-refractivity contribution in [2.75, 3.05) is 27.4 Å². The third kappa shape index (κ3) is 5.03. The number of methoxy groups -OCH3 is 2. The van der Waals surface area contributed by atoms with Crippen molar-refractivity contribution in [2.45, 2.75) is 36.1 Å². The molecule has 1 saturated heterocycles. The van der Waals surface area contributed by atoms with Crippen LogP contribution in [0, 0.1) is 0 Å². The number of halogens is 1. The molecular formula is C21H24ClN3O5S3. The van der Waals surface area contributed by atoms with Crippen LogP contribution in [0.3, 0.4) is 0 Å². The van der Waals surface area contributed by atoms with E-state index in [1.165, 1.54) is 21.7 Å². The van der Waals surface area contributed by atoms with Crippen molar-refractivity contribution in [2.24, 2.45) is 4.99 Å². The Labute approximate surface area is 205 Å². The van der Waals surface area contributed by atoms with Crippen LogP contribution in [-0.2, 0) is 26.1 Å². The van der Waals surface area contributed by atoms with Gasteiger partial charge in [-0.3, -0.25) is 4.79 Å². The lowest BCUT2D eigenvalue weighted by Gasteiger charge is -2.31. The van der Waals surface area contributed by atoms with Gasteiger partial charge in [0.15, 0.2) is 4.80 Å². The molecule has 0 saturated carbocycles. The van der Waals surface area contributed by atoms with E-state index < -0.39 is 22.0 Å². The first-order valence-corrected chi connectivity index (χ1v) is 13.8. The topological polar surface area (TPSA) is 90.2 Å². The molecule has 8 nitrogen and oxygen atoms in total. The minimum atomic E-state index is -3.84. The Kier molecular flexibility index (Phi) is 7.56. The Hall–Kier alpha value is -1.76. The van der Waals surface area contributed by atoms with Crippen LogP contribution < -0.4 is 9.54 Å². The second kappa shape index (κ2) is 10.2. The molecule has 4 rings (SSSR count). The molecule has 1 amide bonds. The number of fused-ring (bicyclic) bond motifs is 1. The lowest BCUT2D eigenvalue weighted by Crippen LogP contribution is -2.47. The van der Waals surface area contributed by atoms with Gasteiger partial charge >= 0.3 is 0 Å². The van der Waals surface area contributed by atoms with Crippen molar-refractivity contribution in [1.82, 2.24) is 8.87 Å². The van der Waals surface area contributed by atoms with Crippen molar-refractivity contribution >= 4 is 60.4 Å². The van der Waals surface area contributed by atoms with Gasteiger partial charge in [-0.15, -0.1) is 11.3 Å². The summed E-state index contributed by atoms with van der Waals surface area (Å²) in [6.07, 6.45) is 1.88. The summed E-state index contributed by atoms with van der Waals surface area (Å²) in [6, 6.07) is 7.85. The van der Waals surface area contributed by atoms with Gasteiger partial charge in [0.05, 0.1) is 28.3 Å². The standard InChI is InChI=1S/C21H24ClN3O5S3/c1-29-12-11-24-15-7-6-14(30-2)13-17(15)31-21(24)23-20(26)16-5-3-4-10-25(16)33(27,28)19-9-8-18(22)32-19/h6-9,13,16H,3-5,10-12H2,1-2H3. The smallest absolute Gasteiger partial charge is 0.266 e. The van der Waals surface area contributed by atoms with Crippen LogP contribution in [0.4, 0.5) is 0 Å². The highest BCUT2D eigenvalue weighted by Gasteiger charge is 2.38. The second-order valence-corrected chi connectivity index (χ2v) is 12.3. The fourth-order valence-electron chi connectivity index (χ4n) is 3.82. The first-order chi connectivity index (χ1) is 15.8. The molecule has 2 aromatic heterocycles. The van der Waals surface area contributed by atoms with Gasteiger partial charge in [-0.1, -0.05) is 29.4 Å². The Balaban J connectivity index is 1.74. The molecule has 0 bridgehead atoms. The molecule has 0 aliphatic carbocycles. The van der Waals surface area contributed by atoms with E-state index in [0.717, 1.165) is 28.0 Å². The normalized spacial score (nSPS) is 18.2. The minimum absolute atomic E-state index is 0.135. The lowest BCUT2D eigenvalue weighted by atomic mass is 10.0. The van der Waals surface area contributed by atoms with E-state index in [4.69, 9.17) is 21.1 Å². The maximum atomic E-state index is 13.3. The Morgan fingerprint density at radius 3 is 2.73 bits per heavy atom. The number of carbonyl (C=O) groups is 1. The third-order valence-electron chi connectivity index (χ3n) is 5.47. The second-order valence-electron chi connectivity index (χ2n) is 7.50. The molecule has 0 N–H and O–H groups in total. The van der Waals surface area contributed by atoms with Gasteiger partial charge < -0.3 is 14.0 Å². The Bertz CT molecular complexity index is 1330. The number of thiophene rings is 1. The highest BCUT2D eigenvalue weighted by atomic mass is 35.5. The zero-order valence-electron chi connectivity index (χ0n) is 18.2. The van der Waals surface area contributed by atoms with E-state index in [-0.39, 0.29) is 10.8 Å². The fourth-order valence-corrected chi connectivity index (χ4v) is 8.18.